The summed E-state index contributed by atoms with van der Waals surface area (Å²) in [4.78, 5) is 17.5. The zero-order chi connectivity index (χ0) is 19.7. The van der Waals surface area contributed by atoms with Gasteiger partial charge in [0.25, 0.3) is 5.56 Å². The van der Waals surface area contributed by atoms with Crippen LogP contribution in [0.25, 0.3) is 28.7 Å². The second kappa shape index (κ2) is 7.15. The van der Waals surface area contributed by atoms with E-state index in [-0.39, 0.29) is 11.5 Å². The van der Waals surface area contributed by atoms with Gasteiger partial charge in [0.05, 0.1) is 16.6 Å². The van der Waals surface area contributed by atoms with Crippen LogP contribution in [0, 0.1) is 17.5 Å². The lowest BCUT2D eigenvalue weighted by Gasteiger charge is -2.12. The Labute approximate surface area is 158 Å². The van der Waals surface area contributed by atoms with Crippen LogP contribution in [-0.4, -0.2) is 9.55 Å². The molecule has 6 heteroatoms. The van der Waals surface area contributed by atoms with Crippen LogP contribution in [-0.2, 0) is 0 Å². The summed E-state index contributed by atoms with van der Waals surface area (Å²) < 4.78 is 42.1. The van der Waals surface area contributed by atoms with Crippen molar-refractivity contribution in [2.75, 3.05) is 0 Å². The molecule has 0 N–H and O–H groups in total. The Morgan fingerprint density at radius 3 is 2.32 bits per heavy atom. The zero-order valence-corrected chi connectivity index (χ0v) is 14.4. The van der Waals surface area contributed by atoms with Crippen molar-refractivity contribution in [3.63, 3.8) is 0 Å². The van der Waals surface area contributed by atoms with Gasteiger partial charge in [-0.3, -0.25) is 9.36 Å². The Morgan fingerprint density at radius 1 is 0.786 bits per heavy atom. The molecule has 0 bridgehead atoms. The van der Waals surface area contributed by atoms with E-state index >= 15 is 0 Å². The second-order valence-electron chi connectivity index (χ2n) is 6.09. The first-order valence-corrected chi connectivity index (χ1v) is 8.44. The van der Waals surface area contributed by atoms with Crippen LogP contribution < -0.4 is 5.56 Å². The number of hydrogen-bond acceptors (Lipinski definition) is 2. The van der Waals surface area contributed by atoms with Crippen molar-refractivity contribution in [3.05, 3.63) is 106 Å². The minimum Gasteiger partial charge on any atom is -0.268 e. The molecule has 0 spiro atoms. The molecule has 0 aliphatic carbocycles. The summed E-state index contributed by atoms with van der Waals surface area (Å²) in [5, 5.41) is 0.343. The van der Waals surface area contributed by atoms with E-state index < -0.39 is 23.0 Å². The van der Waals surface area contributed by atoms with E-state index in [0.29, 0.717) is 16.5 Å². The van der Waals surface area contributed by atoms with Gasteiger partial charge in [-0.15, -0.1) is 0 Å². The maximum atomic E-state index is 14.4. The van der Waals surface area contributed by atoms with E-state index in [1.54, 1.807) is 30.3 Å². The van der Waals surface area contributed by atoms with Crippen LogP contribution in [0.3, 0.4) is 0 Å². The molecule has 0 unspecified atom stereocenters. The summed E-state index contributed by atoms with van der Waals surface area (Å²) in [6.45, 7) is 0. The third-order valence-corrected chi connectivity index (χ3v) is 4.26. The van der Waals surface area contributed by atoms with Gasteiger partial charge in [0.15, 0.2) is 11.6 Å². The Hall–Kier alpha value is -3.67. The second-order valence-corrected chi connectivity index (χ2v) is 6.09. The molecule has 0 fully saturated rings. The smallest absolute Gasteiger partial charge is 0.266 e. The van der Waals surface area contributed by atoms with Crippen molar-refractivity contribution in [1.29, 1.82) is 0 Å². The highest BCUT2D eigenvalue weighted by Crippen LogP contribution is 2.18. The lowest BCUT2D eigenvalue weighted by Crippen LogP contribution is -2.23. The van der Waals surface area contributed by atoms with Gasteiger partial charge in [-0.05, 0) is 48.0 Å². The van der Waals surface area contributed by atoms with Gasteiger partial charge >= 0.3 is 0 Å². The first kappa shape index (κ1) is 17.7. The van der Waals surface area contributed by atoms with Gasteiger partial charge in [-0.25, -0.2) is 18.2 Å². The average Bonchev–Trinajstić information content (AvgIpc) is 2.70. The summed E-state index contributed by atoms with van der Waals surface area (Å²) in [5.41, 5.74) is 0.447. The standard InChI is InChI=1S/C22H13F3N2O/c23-16-11-9-14(13-18(16)25)10-12-21-26-19-7-3-1-5-15(19)22(28)27(21)20-8-4-2-6-17(20)24/h1-13H/b12-10-. The van der Waals surface area contributed by atoms with Gasteiger partial charge < -0.3 is 0 Å². The molecule has 3 nitrogen and oxygen atoms in total. The molecule has 0 radical (unpaired) electrons. The first-order chi connectivity index (χ1) is 13.5. The number of para-hydroxylation sites is 2. The number of rotatable bonds is 3. The third-order valence-electron chi connectivity index (χ3n) is 4.26. The summed E-state index contributed by atoms with van der Waals surface area (Å²) in [7, 11) is 0. The SMILES string of the molecule is O=c1c2ccccc2nc(/C=C\c2ccc(F)c(F)c2)n1-c1ccccc1F. The van der Waals surface area contributed by atoms with Gasteiger partial charge in [-0.2, -0.15) is 0 Å². The lowest BCUT2D eigenvalue weighted by molar-refractivity contribution is 0.508. The minimum absolute atomic E-state index is 0.0516. The quantitative estimate of drug-likeness (QED) is 0.504. The van der Waals surface area contributed by atoms with E-state index in [4.69, 9.17) is 0 Å². The topological polar surface area (TPSA) is 34.9 Å². The Bertz CT molecular complexity index is 1280. The fourth-order valence-electron chi connectivity index (χ4n) is 2.91. The highest BCUT2D eigenvalue weighted by molar-refractivity contribution is 5.80. The molecule has 0 saturated heterocycles. The lowest BCUT2D eigenvalue weighted by atomic mass is 10.2. The molecule has 4 aromatic rings. The van der Waals surface area contributed by atoms with Crippen LogP contribution in [0.4, 0.5) is 13.2 Å². The molecule has 0 amide bonds. The van der Waals surface area contributed by atoms with Crippen molar-refractivity contribution in [1.82, 2.24) is 9.55 Å². The molecule has 0 atom stereocenters. The predicted molar refractivity (Wildman–Crippen MR) is 103 cm³/mol. The maximum absolute atomic E-state index is 14.4. The Balaban J connectivity index is 1.95. The molecule has 28 heavy (non-hydrogen) atoms. The highest BCUT2D eigenvalue weighted by Gasteiger charge is 2.13. The summed E-state index contributed by atoms with van der Waals surface area (Å²) >= 11 is 0. The molecular formula is C22H13F3N2O. The molecule has 0 aliphatic rings. The largest absolute Gasteiger partial charge is 0.268 e. The number of benzene rings is 3. The van der Waals surface area contributed by atoms with Crippen LogP contribution in [0.1, 0.15) is 11.4 Å². The molecule has 0 aliphatic heterocycles. The van der Waals surface area contributed by atoms with Gasteiger partial charge in [0.2, 0.25) is 0 Å². The van der Waals surface area contributed by atoms with Crippen molar-refractivity contribution < 1.29 is 13.2 Å². The third kappa shape index (κ3) is 3.20. The molecule has 0 saturated carbocycles. The molecular weight excluding hydrogens is 365 g/mol. The van der Waals surface area contributed by atoms with Crippen LogP contribution in [0.5, 0.6) is 0 Å². The monoisotopic (exact) mass is 378 g/mol. The predicted octanol–water partition coefficient (Wildman–Crippen LogP) is 4.97. The number of fused-ring (bicyclic) bond motifs is 1. The minimum atomic E-state index is -0.986. The van der Waals surface area contributed by atoms with E-state index in [9.17, 15) is 18.0 Å². The first-order valence-electron chi connectivity index (χ1n) is 8.44. The van der Waals surface area contributed by atoms with Crippen molar-refractivity contribution in [3.8, 4) is 5.69 Å². The molecule has 1 aromatic heterocycles. The molecule has 1 heterocycles. The van der Waals surface area contributed by atoms with E-state index in [1.807, 2.05) is 0 Å². The number of aromatic nitrogens is 2. The van der Waals surface area contributed by atoms with E-state index in [0.717, 1.165) is 16.7 Å². The average molecular weight is 378 g/mol. The Kier molecular flexibility index (Phi) is 4.53. The molecule has 138 valence electrons. The fraction of sp³-hybridized carbons (Fsp3) is 0. The van der Waals surface area contributed by atoms with Gasteiger partial charge in [0, 0.05) is 0 Å². The zero-order valence-electron chi connectivity index (χ0n) is 14.4. The van der Waals surface area contributed by atoms with Gasteiger partial charge in [0.1, 0.15) is 11.6 Å². The number of halogens is 3. The van der Waals surface area contributed by atoms with Crippen LogP contribution in [0.2, 0.25) is 0 Å². The van der Waals surface area contributed by atoms with Crippen molar-refractivity contribution in [2.24, 2.45) is 0 Å². The number of nitrogens with zero attached hydrogens (tertiary/aromatic N) is 2. The summed E-state index contributed by atoms with van der Waals surface area (Å²) in [6, 6.07) is 16.0. The molecule has 3 aromatic carbocycles. The molecule has 4 rings (SSSR count). The van der Waals surface area contributed by atoms with Crippen molar-refractivity contribution in [2.45, 2.75) is 0 Å². The number of hydrogen-bond donors (Lipinski definition) is 0. The van der Waals surface area contributed by atoms with Gasteiger partial charge in [-0.1, -0.05) is 36.4 Å². The van der Waals surface area contributed by atoms with Crippen LogP contribution in [0.15, 0.2) is 71.5 Å². The Morgan fingerprint density at radius 2 is 1.54 bits per heavy atom. The van der Waals surface area contributed by atoms with E-state index in [1.165, 1.54) is 36.4 Å². The highest BCUT2D eigenvalue weighted by atomic mass is 19.2. The fourth-order valence-corrected chi connectivity index (χ4v) is 2.91. The normalized spacial score (nSPS) is 11.4. The van der Waals surface area contributed by atoms with E-state index in [2.05, 4.69) is 4.98 Å². The maximum Gasteiger partial charge on any atom is 0.266 e. The summed E-state index contributed by atoms with van der Waals surface area (Å²) in [5.74, 6) is -2.35. The van der Waals surface area contributed by atoms with Crippen LogP contribution >= 0.6 is 0 Å². The van der Waals surface area contributed by atoms with Crippen molar-refractivity contribution >= 4 is 23.1 Å². The summed E-state index contributed by atoms with van der Waals surface area (Å²) in [6.07, 6.45) is 2.95.